The van der Waals surface area contributed by atoms with Crippen LogP contribution in [0, 0.1) is 0 Å². The SMILES string of the molecule is O=C(Nc1ccc(-c2nc(C(=O)N3CCS(=O)CC3)cc(N3CCOCC3)n2)cc1)NC1CC1. The standard InChI is InChI=1S/C23H28N6O4S/c30-22(29-9-13-34(32)14-10-29)19-15-20(28-7-11-33-12-8-28)27-21(26-19)16-1-3-17(4-2-16)24-23(31)25-18-5-6-18/h1-4,15,18H,5-14H2,(H2,24,25,31). The van der Waals surface area contributed by atoms with Crippen LogP contribution in [0.25, 0.3) is 11.4 Å². The lowest BCUT2D eigenvalue weighted by atomic mass is 10.2. The molecule has 5 rings (SSSR count). The number of aromatic nitrogens is 2. The maximum atomic E-state index is 13.2. The van der Waals surface area contributed by atoms with Crippen molar-refractivity contribution in [2.45, 2.75) is 18.9 Å². The highest BCUT2D eigenvalue weighted by molar-refractivity contribution is 7.85. The minimum Gasteiger partial charge on any atom is -0.378 e. The Hall–Kier alpha value is -3.05. The van der Waals surface area contributed by atoms with Gasteiger partial charge in [0.25, 0.3) is 5.91 Å². The number of nitrogens with zero attached hydrogens (tertiary/aromatic N) is 4. The fourth-order valence-electron chi connectivity index (χ4n) is 3.91. The molecule has 34 heavy (non-hydrogen) atoms. The van der Waals surface area contributed by atoms with E-state index in [0.29, 0.717) is 73.9 Å². The molecule has 0 radical (unpaired) electrons. The summed E-state index contributed by atoms with van der Waals surface area (Å²) < 4.78 is 17.2. The topological polar surface area (TPSA) is 117 Å². The molecule has 1 aromatic carbocycles. The number of morpholine rings is 1. The van der Waals surface area contributed by atoms with Gasteiger partial charge in [-0.05, 0) is 37.1 Å². The van der Waals surface area contributed by atoms with Crippen LogP contribution in [0.1, 0.15) is 23.3 Å². The molecule has 0 bridgehead atoms. The fraction of sp³-hybridized carbons (Fsp3) is 0.478. The molecule has 2 aromatic rings. The van der Waals surface area contributed by atoms with Gasteiger partial charge in [-0.1, -0.05) is 0 Å². The third-order valence-electron chi connectivity index (χ3n) is 6.05. The normalized spacial score (nSPS) is 19.1. The van der Waals surface area contributed by atoms with Crippen LogP contribution >= 0.6 is 0 Å². The number of carbonyl (C=O) groups is 2. The first-order chi connectivity index (χ1) is 16.5. The number of amides is 3. The molecule has 11 heteroatoms. The number of anilines is 2. The van der Waals surface area contributed by atoms with Crippen molar-refractivity contribution in [2.75, 3.05) is 61.1 Å². The lowest BCUT2D eigenvalue weighted by Gasteiger charge is -2.29. The summed E-state index contributed by atoms with van der Waals surface area (Å²) in [7, 11) is -0.866. The Morgan fingerprint density at radius 3 is 2.38 bits per heavy atom. The van der Waals surface area contributed by atoms with E-state index in [4.69, 9.17) is 9.72 Å². The van der Waals surface area contributed by atoms with Gasteiger partial charge in [0, 0.05) is 71.8 Å². The second kappa shape index (κ2) is 10.1. The van der Waals surface area contributed by atoms with Gasteiger partial charge in [-0.2, -0.15) is 0 Å². The molecule has 3 amide bonds. The molecular weight excluding hydrogens is 456 g/mol. The highest BCUT2D eigenvalue weighted by Gasteiger charge is 2.25. The molecule has 0 spiro atoms. The number of rotatable bonds is 5. The van der Waals surface area contributed by atoms with Crippen molar-refractivity contribution < 1.29 is 18.5 Å². The van der Waals surface area contributed by atoms with Crippen LogP contribution in [0.3, 0.4) is 0 Å². The monoisotopic (exact) mass is 484 g/mol. The number of nitrogens with one attached hydrogen (secondary N) is 2. The molecule has 1 aromatic heterocycles. The molecule has 3 fully saturated rings. The number of urea groups is 1. The minimum absolute atomic E-state index is 0.176. The van der Waals surface area contributed by atoms with Gasteiger partial charge in [0.05, 0.1) is 13.2 Å². The van der Waals surface area contributed by atoms with Crippen LogP contribution in [0.5, 0.6) is 0 Å². The largest absolute Gasteiger partial charge is 0.378 e. The van der Waals surface area contributed by atoms with Gasteiger partial charge in [0.15, 0.2) is 5.82 Å². The van der Waals surface area contributed by atoms with Gasteiger partial charge in [-0.3, -0.25) is 9.00 Å². The second-order valence-corrected chi connectivity index (χ2v) is 10.3. The number of carbonyl (C=O) groups excluding carboxylic acids is 2. The van der Waals surface area contributed by atoms with E-state index in [1.807, 2.05) is 12.1 Å². The summed E-state index contributed by atoms with van der Waals surface area (Å²) >= 11 is 0. The first-order valence-corrected chi connectivity index (χ1v) is 13.1. The Morgan fingerprint density at radius 1 is 1.00 bits per heavy atom. The van der Waals surface area contributed by atoms with Crippen LogP contribution in [0.15, 0.2) is 30.3 Å². The van der Waals surface area contributed by atoms with Crippen molar-refractivity contribution in [3.8, 4) is 11.4 Å². The van der Waals surface area contributed by atoms with E-state index >= 15 is 0 Å². The molecule has 0 unspecified atom stereocenters. The number of hydrogen-bond acceptors (Lipinski definition) is 7. The van der Waals surface area contributed by atoms with E-state index in [1.54, 1.807) is 23.1 Å². The fourth-order valence-corrected chi connectivity index (χ4v) is 4.97. The van der Waals surface area contributed by atoms with E-state index in [-0.39, 0.29) is 18.0 Å². The summed E-state index contributed by atoms with van der Waals surface area (Å²) in [6, 6.07) is 9.08. The summed E-state index contributed by atoms with van der Waals surface area (Å²) in [5.41, 5.74) is 1.74. The zero-order chi connectivity index (χ0) is 23.5. The van der Waals surface area contributed by atoms with Gasteiger partial charge in [-0.15, -0.1) is 0 Å². The predicted octanol–water partition coefficient (Wildman–Crippen LogP) is 1.47. The van der Waals surface area contributed by atoms with Crippen LogP contribution < -0.4 is 15.5 Å². The molecule has 2 N–H and O–H groups in total. The van der Waals surface area contributed by atoms with Crippen molar-refractivity contribution >= 4 is 34.2 Å². The average Bonchev–Trinajstić information content (AvgIpc) is 3.68. The van der Waals surface area contributed by atoms with E-state index in [9.17, 15) is 13.8 Å². The quantitative estimate of drug-likeness (QED) is 0.660. The summed E-state index contributed by atoms with van der Waals surface area (Å²) in [6.45, 7) is 3.49. The third-order valence-corrected chi connectivity index (χ3v) is 7.32. The van der Waals surface area contributed by atoms with Gasteiger partial charge in [0.1, 0.15) is 11.5 Å². The Balaban J connectivity index is 1.39. The van der Waals surface area contributed by atoms with Gasteiger partial charge < -0.3 is 25.2 Å². The Labute approximate surface area is 200 Å². The lowest BCUT2D eigenvalue weighted by molar-refractivity contribution is 0.0765. The first-order valence-electron chi connectivity index (χ1n) is 11.6. The number of benzene rings is 1. The Bertz CT molecular complexity index is 1080. The van der Waals surface area contributed by atoms with Crippen LogP contribution in [0.4, 0.5) is 16.3 Å². The molecule has 3 aliphatic rings. The van der Waals surface area contributed by atoms with Crippen molar-refractivity contribution in [1.29, 1.82) is 0 Å². The van der Waals surface area contributed by atoms with Crippen LogP contribution in [-0.2, 0) is 15.5 Å². The highest BCUT2D eigenvalue weighted by Crippen LogP contribution is 2.24. The third kappa shape index (κ3) is 5.53. The second-order valence-electron chi connectivity index (χ2n) is 8.62. The number of hydrogen-bond donors (Lipinski definition) is 2. The maximum Gasteiger partial charge on any atom is 0.319 e. The molecule has 3 heterocycles. The summed E-state index contributed by atoms with van der Waals surface area (Å²) in [6.07, 6.45) is 2.05. The molecule has 2 aliphatic heterocycles. The highest BCUT2D eigenvalue weighted by atomic mass is 32.2. The first kappa shape index (κ1) is 22.7. The molecule has 2 saturated heterocycles. The molecular formula is C23H28N6O4S. The van der Waals surface area contributed by atoms with Crippen molar-refractivity contribution in [1.82, 2.24) is 20.2 Å². The molecule has 1 saturated carbocycles. The van der Waals surface area contributed by atoms with Gasteiger partial charge >= 0.3 is 6.03 Å². The van der Waals surface area contributed by atoms with Crippen molar-refractivity contribution in [3.63, 3.8) is 0 Å². The van der Waals surface area contributed by atoms with Crippen molar-refractivity contribution in [3.05, 3.63) is 36.0 Å². The smallest absolute Gasteiger partial charge is 0.319 e. The average molecular weight is 485 g/mol. The van der Waals surface area contributed by atoms with E-state index in [2.05, 4.69) is 20.5 Å². The van der Waals surface area contributed by atoms with Crippen LogP contribution in [0.2, 0.25) is 0 Å². The zero-order valence-corrected chi connectivity index (χ0v) is 19.7. The van der Waals surface area contributed by atoms with Crippen LogP contribution in [-0.4, -0.2) is 88.0 Å². The molecule has 10 nitrogen and oxygen atoms in total. The molecule has 1 aliphatic carbocycles. The zero-order valence-electron chi connectivity index (χ0n) is 18.9. The van der Waals surface area contributed by atoms with Gasteiger partial charge in [-0.25, -0.2) is 14.8 Å². The van der Waals surface area contributed by atoms with E-state index in [1.165, 1.54) is 0 Å². The minimum atomic E-state index is -0.866. The van der Waals surface area contributed by atoms with Crippen molar-refractivity contribution in [2.24, 2.45) is 0 Å². The molecule has 0 atom stereocenters. The lowest BCUT2D eigenvalue weighted by Crippen LogP contribution is -2.42. The van der Waals surface area contributed by atoms with E-state index < -0.39 is 10.8 Å². The summed E-state index contributed by atoms with van der Waals surface area (Å²) in [5.74, 6) is 1.93. The summed E-state index contributed by atoms with van der Waals surface area (Å²) in [5, 5.41) is 5.73. The Morgan fingerprint density at radius 2 is 1.71 bits per heavy atom. The maximum absolute atomic E-state index is 13.2. The molecule has 180 valence electrons. The predicted molar refractivity (Wildman–Crippen MR) is 129 cm³/mol. The summed E-state index contributed by atoms with van der Waals surface area (Å²) in [4.78, 5) is 38.4. The number of ether oxygens (including phenoxy) is 1. The Kier molecular flexibility index (Phi) is 6.73. The van der Waals surface area contributed by atoms with Gasteiger partial charge in [0.2, 0.25) is 0 Å². The van der Waals surface area contributed by atoms with E-state index in [0.717, 1.165) is 18.4 Å².